The van der Waals surface area contributed by atoms with Crippen LogP contribution < -0.4 is 10.3 Å². The van der Waals surface area contributed by atoms with Crippen molar-refractivity contribution in [2.75, 3.05) is 25.0 Å². The molecule has 1 N–H and O–H groups in total. The van der Waals surface area contributed by atoms with Gasteiger partial charge in [-0.2, -0.15) is 5.10 Å². The molecule has 2 aliphatic rings. The summed E-state index contributed by atoms with van der Waals surface area (Å²) in [5.41, 5.74) is 6.67. The second-order valence-corrected chi connectivity index (χ2v) is 8.88. The van der Waals surface area contributed by atoms with Gasteiger partial charge in [-0.05, 0) is 54.3 Å². The van der Waals surface area contributed by atoms with Crippen molar-refractivity contribution in [2.24, 2.45) is 16.9 Å². The summed E-state index contributed by atoms with van der Waals surface area (Å²) in [6.45, 7) is 1.53. The molecule has 5 rings (SSSR count). The van der Waals surface area contributed by atoms with Crippen molar-refractivity contribution in [3.05, 3.63) is 60.8 Å². The number of likely N-dealkylation sites (tertiary alicyclic amines) is 1. The SMILES string of the molecule is CN(/C(CC1CN(C(=O)C2CC2)C1)=N\NC=O)c1ccc(-c2ccc3ncccc3c2)cc1. The van der Waals surface area contributed by atoms with Gasteiger partial charge >= 0.3 is 0 Å². The molecule has 2 aromatic carbocycles. The van der Waals surface area contributed by atoms with E-state index in [9.17, 15) is 9.59 Å². The Hall–Kier alpha value is -3.74. The van der Waals surface area contributed by atoms with Gasteiger partial charge in [0.2, 0.25) is 12.3 Å². The highest BCUT2D eigenvalue weighted by molar-refractivity contribution is 5.98. The van der Waals surface area contributed by atoms with Gasteiger partial charge < -0.3 is 9.80 Å². The Kier molecular flexibility index (Phi) is 5.77. The number of amides is 2. The number of amidine groups is 1. The summed E-state index contributed by atoms with van der Waals surface area (Å²) >= 11 is 0. The van der Waals surface area contributed by atoms with E-state index in [1.54, 1.807) is 6.20 Å². The first kappa shape index (κ1) is 21.1. The molecule has 7 nitrogen and oxygen atoms in total. The fraction of sp³-hybridized carbons (Fsp3) is 0.308. The van der Waals surface area contributed by atoms with Crippen LogP contribution in [-0.2, 0) is 9.59 Å². The third kappa shape index (κ3) is 4.58. The number of pyridine rings is 1. The Morgan fingerprint density at radius 3 is 2.64 bits per heavy atom. The highest BCUT2D eigenvalue weighted by atomic mass is 16.2. The lowest BCUT2D eigenvalue weighted by molar-refractivity contribution is -0.138. The minimum absolute atomic E-state index is 0.260. The van der Waals surface area contributed by atoms with Crippen LogP contribution in [0.3, 0.4) is 0 Å². The summed E-state index contributed by atoms with van der Waals surface area (Å²) < 4.78 is 0. The number of rotatable bonds is 7. The predicted molar refractivity (Wildman–Crippen MR) is 130 cm³/mol. The van der Waals surface area contributed by atoms with Crippen molar-refractivity contribution < 1.29 is 9.59 Å². The highest BCUT2D eigenvalue weighted by Crippen LogP contribution is 2.34. The zero-order chi connectivity index (χ0) is 22.8. The van der Waals surface area contributed by atoms with Gasteiger partial charge in [0.25, 0.3) is 0 Å². The lowest BCUT2D eigenvalue weighted by atomic mass is 9.94. The molecule has 168 valence electrons. The molecule has 0 bridgehead atoms. The average molecular weight is 442 g/mol. The molecule has 3 aromatic rings. The smallest absolute Gasteiger partial charge is 0.227 e. The first-order valence-corrected chi connectivity index (χ1v) is 11.4. The molecule has 1 aliphatic carbocycles. The maximum Gasteiger partial charge on any atom is 0.227 e. The lowest BCUT2D eigenvalue weighted by Gasteiger charge is -2.40. The van der Waals surface area contributed by atoms with Crippen molar-refractivity contribution in [3.8, 4) is 11.1 Å². The van der Waals surface area contributed by atoms with Crippen molar-refractivity contribution in [3.63, 3.8) is 0 Å². The van der Waals surface area contributed by atoms with Crippen LogP contribution in [-0.4, -0.2) is 48.2 Å². The fourth-order valence-electron chi connectivity index (χ4n) is 4.37. The lowest BCUT2D eigenvalue weighted by Crippen LogP contribution is -2.52. The summed E-state index contributed by atoms with van der Waals surface area (Å²) in [5.74, 6) is 1.68. The highest BCUT2D eigenvalue weighted by Gasteiger charge is 2.39. The van der Waals surface area contributed by atoms with Crippen molar-refractivity contribution >= 4 is 34.7 Å². The molecule has 2 amide bonds. The molecule has 0 spiro atoms. The van der Waals surface area contributed by atoms with Gasteiger partial charge in [0.15, 0.2) is 0 Å². The number of carbonyl (C=O) groups excluding carboxylic acids is 2. The molecule has 1 saturated heterocycles. The van der Waals surface area contributed by atoms with Gasteiger partial charge in [-0.15, -0.1) is 0 Å². The largest absolute Gasteiger partial charge is 0.342 e. The number of benzene rings is 2. The summed E-state index contributed by atoms with van der Waals surface area (Å²) in [5, 5.41) is 5.40. The zero-order valence-electron chi connectivity index (χ0n) is 18.6. The molecule has 1 aliphatic heterocycles. The molecule has 2 fully saturated rings. The van der Waals surface area contributed by atoms with E-state index in [0.29, 0.717) is 24.7 Å². The van der Waals surface area contributed by atoms with Crippen LogP contribution in [0.1, 0.15) is 19.3 Å². The van der Waals surface area contributed by atoms with Gasteiger partial charge in [0, 0.05) is 55.7 Å². The maximum atomic E-state index is 12.2. The molecule has 0 atom stereocenters. The molecule has 1 saturated carbocycles. The maximum absolute atomic E-state index is 12.2. The van der Waals surface area contributed by atoms with E-state index in [4.69, 9.17) is 0 Å². The van der Waals surface area contributed by atoms with E-state index >= 15 is 0 Å². The Morgan fingerprint density at radius 1 is 1.15 bits per heavy atom. The van der Waals surface area contributed by atoms with E-state index in [0.717, 1.165) is 59.5 Å². The number of hydrazone groups is 1. The van der Waals surface area contributed by atoms with Crippen molar-refractivity contribution in [1.29, 1.82) is 0 Å². The van der Waals surface area contributed by atoms with Crippen LogP contribution in [0.25, 0.3) is 22.0 Å². The molecule has 33 heavy (non-hydrogen) atoms. The Morgan fingerprint density at radius 2 is 1.91 bits per heavy atom. The standard InChI is InChI=1S/C26H27N5O2/c1-30(25(29-28-17-32)13-18-15-31(16-18)26(33)20-4-5-20)23-9-6-19(7-10-23)21-8-11-24-22(14-21)3-2-12-27-24/h2-3,6-12,14,17-18,20H,4-5,13,15-16H2,1H3,(H,28,32)/b29-25-. The number of nitrogens with zero attached hydrogens (tertiary/aromatic N) is 4. The van der Waals surface area contributed by atoms with E-state index in [1.807, 2.05) is 29.0 Å². The third-order valence-corrected chi connectivity index (χ3v) is 6.49. The van der Waals surface area contributed by atoms with E-state index in [2.05, 4.69) is 58.0 Å². The minimum Gasteiger partial charge on any atom is -0.342 e. The predicted octanol–water partition coefficient (Wildman–Crippen LogP) is 3.66. The molecule has 7 heteroatoms. The number of nitrogens with one attached hydrogen (secondary N) is 1. The number of carbonyl (C=O) groups is 2. The summed E-state index contributed by atoms with van der Waals surface area (Å²) in [6, 6.07) is 18.6. The topological polar surface area (TPSA) is 77.9 Å². The van der Waals surface area contributed by atoms with Gasteiger partial charge in [-0.3, -0.25) is 14.6 Å². The monoisotopic (exact) mass is 441 g/mol. The zero-order valence-corrected chi connectivity index (χ0v) is 18.6. The van der Waals surface area contributed by atoms with Crippen molar-refractivity contribution in [1.82, 2.24) is 15.3 Å². The van der Waals surface area contributed by atoms with Crippen LogP contribution in [0.5, 0.6) is 0 Å². The molecule has 0 radical (unpaired) electrons. The van der Waals surface area contributed by atoms with Crippen LogP contribution in [0.4, 0.5) is 5.69 Å². The minimum atomic E-state index is 0.260. The first-order valence-electron chi connectivity index (χ1n) is 11.4. The van der Waals surface area contributed by atoms with Crippen LogP contribution in [0, 0.1) is 11.8 Å². The number of aromatic nitrogens is 1. The molecule has 1 aromatic heterocycles. The normalized spacial score (nSPS) is 16.4. The number of anilines is 1. The second kappa shape index (κ2) is 9.02. The quantitative estimate of drug-likeness (QED) is 0.263. The van der Waals surface area contributed by atoms with E-state index in [1.165, 1.54) is 0 Å². The Balaban J connectivity index is 1.28. The molecule has 2 heterocycles. The third-order valence-electron chi connectivity index (χ3n) is 6.49. The van der Waals surface area contributed by atoms with Gasteiger partial charge in [-0.1, -0.05) is 24.3 Å². The molecular weight excluding hydrogens is 414 g/mol. The fourth-order valence-corrected chi connectivity index (χ4v) is 4.37. The number of fused-ring (bicyclic) bond motifs is 1. The van der Waals surface area contributed by atoms with E-state index in [-0.39, 0.29) is 5.92 Å². The average Bonchev–Trinajstić information content (AvgIpc) is 3.67. The van der Waals surface area contributed by atoms with Crippen LogP contribution in [0.2, 0.25) is 0 Å². The van der Waals surface area contributed by atoms with Gasteiger partial charge in [0.05, 0.1) is 5.52 Å². The summed E-state index contributed by atoms with van der Waals surface area (Å²) in [4.78, 5) is 31.4. The first-order chi connectivity index (χ1) is 16.1. The van der Waals surface area contributed by atoms with Crippen molar-refractivity contribution in [2.45, 2.75) is 19.3 Å². The van der Waals surface area contributed by atoms with Gasteiger partial charge in [0.1, 0.15) is 5.84 Å². The summed E-state index contributed by atoms with van der Waals surface area (Å²) in [6.07, 6.45) is 5.15. The van der Waals surface area contributed by atoms with Gasteiger partial charge in [-0.25, -0.2) is 5.43 Å². The Labute approximate surface area is 193 Å². The van der Waals surface area contributed by atoms with Crippen LogP contribution >= 0.6 is 0 Å². The number of hydrogen-bond donors (Lipinski definition) is 1. The molecule has 0 unspecified atom stereocenters. The number of hydrogen-bond acceptors (Lipinski definition) is 4. The molecular formula is C26H27N5O2. The Bertz CT molecular complexity index is 1200. The van der Waals surface area contributed by atoms with Crippen LogP contribution in [0.15, 0.2) is 65.9 Å². The second-order valence-electron chi connectivity index (χ2n) is 8.88. The summed E-state index contributed by atoms with van der Waals surface area (Å²) in [7, 11) is 1.95. The van der Waals surface area contributed by atoms with E-state index < -0.39 is 0 Å².